The van der Waals surface area contributed by atoms with E-state index in [4.69, 9.17) is 0 Å². The number of pyridine rings is 1. The molecule has 2 aromatic heterocycles. The number of aromatic nitrogens is 3. The summed E-state index contributed by atoms with van der Waals surface area (Å²) in [4.78, 5) is 6.59. The molecule has 1 aliphatic rings. The highest BCUT2D eigenvalue weighted by atomic mass is 15.2. The van der Waals surface area contributed by atoms with Gasteiger partial charge in [0.05, 0.1) is 5.69 Å². The van der Waals surface area contributed by atoms with Crippen molar-refractivity contribution >= 4 is 0 Å². The van der Waals surface area contributed by atoms with Crippen molar-refractivity contribution < 1.29 is 0 Å². The van der Waals surface area contributed by atoms with Crippen LogP contribution in [0.25, 0.3) is 0 Å². The van der Waals surface area contributed by atoms with E-state index in [2.05, 4.69) is 45.2 Å². The minimum Gasteiger partial charge on any atom is -0.298 e. The molecule has 19 heavy (non-hydrogen) atoms. The molecule has 0 aliphatic carbocycles. The summed E-state index contributed by atoms with van der Waals surface area (Å²) in [6.45, 7) is 5.37. The van der Waals surface area contributed by atoms with E-state index >= 15 is 0 Å². The molecule has 0 spiro atoms. The van der Waals surface area contributed by atoms with Gasteiger partial charge in [0.15, 0.2) is 0 Å². The maximum Gasteiger partial charge on any atom is 0.0668 e. The number of hydrogen-bond acceptors (Lipinski definition) is 3. The van der Waals surface area contributed by atoms with Crippen LogP contribution in [0, 0.1) is 6.92 Å². The van der Waals surface area contributed by atoms with E-state index in [9.17, 15) is 0 Å². The Hall–Kier alpha value is -1.68. The summed E-state index contributed by atoms with van der Waals surface area (Å²) in [5.74, 6) is 0.570. The molecular formula is C15H20N4. The molecule has 100 valence electrons. The Labute approximate surface area is 113 Å². The van der Waals surface area contributed by atoms with Gasteiger partial charge >= 0.3 is 0 Å². The zero-order valence-corrected chi connectivity index (χ0v) is 11.3. The second-order valence-corrected chi connectivity index (χ2v) is 5.41. The van der Waals surface area contributed by atoms with Gasteiger partial charge in [-0.3, -0.25) is 15.0 Å². The Morgan fingerprint density at radius 3 is 2.95 bits per heavy atom. The fourth-order valence-corrected chi connectivity index (χ4v) is 2.84. The first-order valence-electron chi connectivity index (χ1n) is 6.94. The number of hydrogen-bond donors (Lipinski definition) is 1. The standard InChI is InChI=1S/C15H20N4/c1-12-9-15(18-17-12)14-3-2-8-19(11-14)10-13-4-6-16-7-5-13/h4-7,9,14H,2-3,8,10-11H2,1H3,(H,17,18). The molecule has 4 nitrogen and oxygen atoms in total. The molecule has 1 atom stereocenters. The number of piperidine rings is 1. The summed E-state index contributed by atoms with van der Waals surface area (Å²) in [7, 11) is 0. The number of aromatic amines is 1. The third-order valence-electron chi connectivity index (χ3n) is 3.81. The second-order valence-electron chi connectivity index (χ2n) is 5.41. The van der Waals surface area contributed by atoms with Gasteiger partial charge in [0, 0.05) is 37.1 Å². The predicted molar refractivity (Wildman–Crippen MR) is 74.8 cm³/mol. The van der Waals surface area contributed by atoms with Crippen LogP contribution in [-0.4, -0.2) is 33.2 Å². The smallest absolute Gasteiger partial charge is 0.0668 e. The number of aryl methyl sites for hydroxylation is 1. The molecule has 0 bridgehead atoms. The van der Waals surface area contributed by atoms with E-state index in [1.807, 2.05) is 12.4 Å². The lowest BCUT2D eigenvalue weighted by Gasteiger charge is -2.31. The van der Waals surface area contributed by atoms with Gasteiger partial charge in [-0.25, -0.2) is 0 Å². The van der Waals surface area contributed by atoms with E-state index in [1.165, 1.54) is 30.6 Å². The Morgan fingerprint density at radius 2 is 2.21 bits per heavy atom. The molecule has 0 radical (unpaired) electrons. The van der Waals surface area contributed by atoms with Crippen LogP contribution >= 0.6 is 0 Å². The highest BCUT2D eigenvalue weighted by Gasteiger charge is 2.22. The molecule has 3 rings (SSSR count). The molecule has 3 heterocycles. The van der Waals surface area contributed by atoms with Gasteiger partial charge in [-0.1, -0.05) is 0 Å². The largest absolute Gasteiger partial charge is 0.298 e. The number of nitrogens with zero attached hydrogens (tertiary/aromatic N) is 3. The highest BCUT2D eigenvalue weighted by molar-refractivity contribution is 5.14. The SMILES string of the molecule is Cc1cc(C2CCCN(Cc3ccncc3)C2)n[nH]1. The summed E-state index contributed by atoms with van der Waals surface area (Å²) in [5, 5.41) is 7.47. The Balaban J connectivity index is 1.65. The molecule has 2 aromatic rings. The lowest BCUT2D eigenvalue weighted by Crippen LogP contribution is -2.34. The van der Waals surface area contributed by atoms with Gasteiger partial charge < -0.3 is 0 Å². The van der Waals surface area contributed by atoms with Crippen LogP contribution in [0.4, 0.5) is 0 Å². The number of rotatable bonds is 3. The summed E-state index contributed by atoms with van der Waals surface area (Å²) >= 11 is 0. The summed E-state index contributed by atoms with van der Waals surface area (Å²) in [6.07, 6.45) is 6.24. The first-order valence-corrected chi connectivity index (χ1v) is 6.94. The van der Waals surface area contributed by atoms with E-state index in [-0.39, 0.29) is 0 Å². The van der Waals surface area contributed by atoms with Gasteiger partial charge in [-0.2, -0.15) is 5.10 Å². The lowest BCUT2D eigenvalue weighted by molar-refractivity contribution is 0.198. The Kier molecular flexibility index (Phi) is 3.60. The van der Waals surface area contributed by atoms with Crippen LogP contribution in [0.2, 0.25) is 0 Å². The zero-order valence-electron chi connectivity index (χ0n) is 11.3. The molecule has 1 saturated heterocycles. The van der Waals surface area contributed by atoms with Crippen LogP contribution in [-0.2, 0) is 6.54 Å². The molecule has 1 fully saturated rings. The minimum absolute atomic E-state index is 0.570. The van der Waals surface area contributed by atoms with Crippen LogP contribution in [0.3, 0.4) is 0 Å². The number of nitrogens with one attached hydrogen (secondary N) is 1. The van der Waals surface area contributed by atoms with Crippen LogP contribution < -0.4 is 0 Å². The molecule has 0 aromatic carbocycles. The first kappa shape index (κ1) is 12.4. The topological polar surface area (TPSA) is 44.8 Å². The lowest BCUT2D eigenvalue weighted by atomic mass is 9.94. The van der Waals surface area contributed by atoms with E-state index in [1.54, 1.807) is 0 Å². The quantitative estimate of drug-likeness (QED) is 0.917. The molecule has 1 unspecified atom stereocenters. The van der Waals surface area contributed by atoms with Crippen molar-refractivity contribution in [1.29, 1.82) is 0 Å². The normalized spacial score (nSPS) is 20.6. The first-order chi connectivity index (χ1) is 9.31. The van der Waals surface area contributed by atoms with Gasteiger partial charge in [0.25, 0.3) is 0 Å². The fourth-order valence-electron chi connectivity index (χ4n) is 2.84. The van der Waals surface area contributed by atoms with Crippen molar-refractivity contribution in [3.63, 3.8) is 0 Å². The molecule has 0 saturated carbocycles. The third-order valence-corrected chi connectivity index (χ3v) is 3.81. The van der Waals surface area contributed by atoms with Crippen molar-refractivity contribution in [3.05, 3.63) is 47.5 Å². The molecular weight excluding hydrogens is 236 g/mol. The average molecular weight is 256 g/mol. The van der Waals surface area contributed by atoms with Crippen LogP contribution in [0.15, 0.2) is 30.6 Å². The van der Waals surface area contributed by atoms with Crippen molar-refractivity contribution in [1.82, 2.24) is 20.1 Å². The summed E-state index contributed by atoms with van der Waals surface area (Å²) < 4.78 is 0. The summed E-state index contributed by atoms with van der Waals surface area (Å²) in [5.41, 5.74) is 3.71. The Bertz CT molecular complexity index is 520. The average Bonchev–Trinajstić information content (AvgIpc) is 2.87. The van der Waals surface area contributed by atoms with Gasteiger partial charge in [0.1, 0.15) is 0 Å². The van der Waals surface area contributed by atoms with Crippen molar-refractivity contribution in [2.45, 2.75) is 32.2 Å². The molecule has 0 amide bonds. The minimum atomic E-state index is 0.570. The van der Waals surface area contributed by atoms with Crippen molar-refractivity contribution in [2.24, 2.45) is 0 Å². The van der Waals surface area contributed by atoms with Crippen molar-refractivity contribution in [3.8, 4) is 0 Å². The van der Waals surface area contributed by atoms with Crippen molar-refractivity contribution in [2.75, 3.05) is 13.1 Å². The summed E-state index contributed by atoms with van der Waals surface area (Å²) in [6, 6.07) is 6.38. The predicted octanol–water partition coefficient (Wildman–Crippen LogP) is 2.49. The number of H-pyrrole nitrogens is 1. The van der Waals surface area contributed by atoms with Crippen LogP contribution in [0.5, 0.6) is 0 Å². The Morgan fingerprint density at radius 1 is 1.37 bits per heavy atom. The monoisotopic (exact) mass is 256 g/mol. The third kappa shape index (κ3) is 3.01. The molecule has 1 aliphatic heterocycles. The zero-order chi connectivity index (χ0) is 13.1. The van der Waals surface area contributed by atoms with E-state index < -0.39 is 0 Å². The van der Waals surface area contributed by atoms with Crippen LogP contribution in [0.1, 0.15) is 35.7 Å². The van der Waals surface area contributed by atoms with Gasteiger partial charge in [-0.05, 0) is 50.1 Å². The van der Waals surface area contributed by atoms with Gasteiger partial charge in [-0.15, -0.1) is 0 Å². The van der Waals surface area contributed by atoms with Gasteiger partial charge in [0.2, 0.25) is 0 Å². The fraction of sp³-hybridized carbons (Fsp3) is 0.467. The molecule has 1 N–H and O–H groups in total. The maximum absolute atomic E-state index is 4.42. The highest BCUT2D eigenvalue weighted by Crippen LogP contribution is 2.26. The number of likely N-dealkylation sites (tertiary alicyclic amines) is 1. The second kappa shape index (κ2) is 5.53. The molecule has 4 heteroatoms. The maximum atomic E-state index is 4.42. The van der Waals surface area contributed by atoms with E-state index in [0.29, 0.717) is 5.92 Å². The van der Waals surface area contributed by atoms with E-state index in [0.717, 1.165) is 18.8 Å².